The lowest BCUT2D eigenvalue weighted by Crippen LogP contribution is -2.37. The molecule has 3 rings (SSSR count). The minimum Gasteiger partial charge on any atom is -0.493 e. The first-order chi connectivity index (χ1) is 12.1. The maximum atomic E-state index is 12.5. The summed E-state index contributed by atoms with van der Waals surface area (Å²) in [6.45, 7) is 3.30. The van der Waals surface area contributed by atoms with E-state index in [-0.39, 0.29) is 5.91 Å². The third-order valence-electron chi connectivity index (χ3n) is 4.24. The maximum Gasteiger partial charge on any atom is 0.233 e. The van der Waals surface area contributed by atoms with Crippen LogP contribution in [0, 0.1) is 0 Å². The second-order valence-corrected chi connectivity index (χ2v) is 6.69. The Balaban J connectivity index is 1.64. The van der Waals surface area contributed by atoms with Crippen LogP contribution in [0.3, 0.4) is 0 Å². The summed E-state index contributed by atoms with van der Waals surface area (Å²) in [5.41, 5.74) is 2.31. The van der Waals surface area contributed by atoms with E-state index < -0.39 is 0 Å². The molecule has 0 atom stereocenters. The van der Waals surface area contributed by atoms with Gasteiger partial charge in [0.1, 0.15) is 5.82 Å². The van der Waals surface area contributed by atoms with Gasteiger partial charge >= 0.3 is 0 Å². The van der Waals surface area contributed by atoms with Crippen molar-refractivity contribution in [1.29, 1.82) is 0 Å². The molecule has 1 amide bonds. The number of benzene rings is 1. The highest BCUT2D eigenvalue weighted by molar-refractivity contribution is 7.99. The summed E-state index contributed by atoms with van der Waals surface area (Å²) in [5, 5.41) is 7.59. The van der Waals surface area contributed by atoms with Crippen LogP contribution < -0.4 is 9.47 Å². The van der Waals surface area contributed by atoms with E-state index in [0.29, 0.717) is 29.7 Å². The third-order valence-corrected chi connectivity index (χ3v) is 5.07. The van der Waals surface area contributed by atoms with Gasteiger partial charge in [-0.05, 0) is 29.7 Å². The normalized spacial score (nSPS) is 13.5. The largest absolute Gasteiger partial charge is 0.493 e. The standard InChI is InChI=1S/C17H22N4O3S/c1-4-15-18-17(20-19-15)25-10-16(22)21-6-5-11-7-13(23-2)14(24-3)8-12(11)9-21/h7-8H,4-6,9-10H2,1-3H3,(H,18,19,20). The molecule has 1 N–H and O–H groups in total. The van der Waals surface area contributed by atoms with Gasteiger partial charge in [-0.15, -0.1) is 5.10 Å². The smallest absolute Gasteiger partial charge is 0.233 e. The number of thioether (sulfide) groups is 1. The number of rotatable bonds is 6. The first-order valence-corrected chi connectivity index (χ1v) is 9.18. The van der Waals surface area contributed by atoms with Crippen molar-refractivity contribution in [2.45, 2.75) is 31.5 Å². The second kappa shape index (κ2) is 7.77. The van der Waals surface area contributed by atoms with E-state index in [4.69, 9.17) is 9.47 Å². The summed E-state index contributed by atoms with van der Waals surface area (Å²) in [4.78, 5) is 18.7. The molecule has 0 unspecified atom stereocenters. The van der Waals surface area contributed by atoms with Gasteiger partial charge in [-0.3, -0.25) is 9.89 Å². The van der Waals surface area contributed by atoms with Crippen LogP contribution in [0.1, 0.15) is 23.9 Å². The van der Waals surface area contributed by atoms with E-state index in [0.717, 1.165) is 30.0 Å². The molecule has 0 radical (unpaired) electrons. The van der Waals surface area contributed by atoms with Gasteiger partial charge in [0.2, 0.25) is 11.1 Å². The summed E-state index contributed by atoms with van der Waals surface area (Å²) >= 11 is 1.36. The first-order valence-electron chi connectivity index (χ1n) is 8.20. The number of aryl methyl sites for hydroxylation is 1. The van der Waals surface area contributed by atoms with Gasteiger partial charge in [0.25, 0.3) is 0 Å². The molecule has 0 spiro atoms. The minimum absolute atomic E-state index is 0.0910. The minimum atomic E-state index is 0.0910. The molecule has 0 saturated heterocycles. The molecular weight excluding hydrogens is 340 g/mol. The lowest BCUT2D eigenvalue weighted by Gasteiger charge is -2.29. The molecule has 0 bridgehead atoms. The van der Waals surface area contributed by atoms with Crippen molar-refractivity contribution in [3.63, 3.8) is 0 Å². The zero-order chi connectivity index (χ0) is 17.8. The highest BCUT2D eigenvalue weighted by Gasteiger charge is 2.23. The topological polar surface area (TPSA) is 80.3 Å². The number of amides is 1. The molecule has 25 heavy (non-hydrogen) atoms. The van der Waals surface area contributed by atoms with Gasteiger partial charge in [-0.2, -0.15) is 0 Å². The molecule has 0 aliphatic carbocycles. The van der Waals surface area contributed by atoms with Crippen LogP contribution in [-0.2, 0) is 24.2 Å². The number of carbonyl (C=O) groups excluding carboxylic acids is 1. The number of ether oxygens (including phenoxy) is 2. The van der Waals surface area contributed by atoms with Gasteiger partial charge in [0.15, 0.2) is 11.5 Å². The molecule has 1 aliphatic rings. The molecule has 0 fully saturated rings. The Labute approximate surface area is 151 Å². The quantitative estimate of drug-likeness (QED) is 0.793. The number of H-pyrrole nitrogens is 1. The van der Waals surface area contributed by atoms with Gasteiger partial charge in [0, 0.05) is 19.5 Å². The van der Waals surface area contributed by atoms with Crippen molar-refractivity contribution < 1.29 is 14.3 Å². The Hall–Kier alpha value is -2.22. The molecular formula is C17H22N4O3S. The van der Waals surface area contributed by atoms with Crippen LogP contribution in [0.5, 0.6) is 11.5 Å². The number of aromatic nitrogens is 3. The summed E-state index contributed by atoms with van der Waals surface area (Å²) in [6.07, 6.45) is 1.61. The highest BCUT2D eigenvalue weighted by atomic mass is 32.2. The lowest BCUT2D eigenvalue weighted by molar-refractivity contribution is -0.129. The van der Waals surface area contributed by atoms with E-state index in [9.17, 15) is 4.79 Å². The summed E-state index contributed by atoms with van der Waals surface area (Å²) in [7, 11) is 3.25. The fourth-order valence-electron chi connectivity index (χ4n) is 2.81. The van der Waals surface area contributed by atoms with Crippen LogP contribution in [-0.4, -0.2) is 52.5 Å². The van der Waals surface area contributed by atoms with Gasteiger partial charge < -0.3 is 14.4 Å². The van der Waals surface area contributed by atoms with Crippen molar-refractivity contribution >= 4 is 17.7 Å². The van der Waals surface area contributed by atoms with E-state index in [2.05, 4.69) is 15.2 Å². The van der Waals surface area contributed by atoms with Crippen molar-refractivity contribution in [2.75, 3.05) is 26.5 Å². The molecule has 1 aromatic heterocycles. The summed E-state index contributed by atoms with van der Waals surface area (Å²) in [6, 6.07) is 3.97. The molecule has 0 saturated carbocycles. The Morgan fingerprint density at radius 2 is 2.00 bits per heavy atom. The van der Waals surface area contributed by atoms with Crippen molar-refractivity contribution in [3.05, 3.63) is 29.1 Å². The van der Waals surface area contributed by atoms with Crippen LogP contribution in [0.4, 0.5) is 0 Å². The molecule has 1 aromatic carbocycles. The number of aromatic amines is 1. The molecule has 134 valence electrons. The number of hydrogen-bond donors (Lipinski definition) is 1. The zero-order valence-corrected chi connectivity index (χ0v) is 15.5. The SMILES string of the molecule is CCc1nc(SCC(=O)N2CCc3cc(OC)c(OC)cc3C2)n[nH]1. The fraction of sp³-hybridized carbons (Fsp3) is 0.471. The maximum absolute atomic E-state index is 12.5. The summed E-state index contributed by atoms with van der Waals surface area (Å²) in [5.74, 6) is 2.69. The Morgan fingerprint density at radius 1 is 1.28 bits per heavy atom. The average Bonchev–Trinajstić information content (AvgIpc) is 3.12. The van der Waals surface area contributed by atoms with Crippen LogP contribution in [0.15, 0.2) is 17.3 Å². The van der Waals surface area contributed by atoms with E-state index in [1.165, 1.54) is 17.3 Å². The Kier molecular flexibility index (Phi) is 5.47. The fourth-order valence-corrected chi connectivity index (χ4v) is 3.53. The van der Waals surface area contributed by atoms with Gasteiger partial charge in [0.05, 0.1) is 20.0 Å². The first kappa shape index (κ1) is 17.6. The average molecular weight is 362 g/mol. The number of hydrogen-bond acceptors (Lipinski definition) is 6. The molecule has 1 aliphatic heterocycles. The Bertz CT molecular complexity index is 762. The Morgan fingerprint density at radius 3 is 2.64 bits per heavy atom. The lowest BCUT2D eigenvalue weighted by atomic mass is 9.99. The number of nitrogens with zero attached hydrogens (tertiary/aromatic N) is 3. The van der Waals surface area contributed by atoms with Crippen molar-refractivity contribution in [3.8, 4) is 11.5 Å². The number of carbonyl (C=O) groups is 1. The van der Waals surface area contributed by atoms with Gasteiger partial charge in [-0.25, -0.2) is 4.98 Å². The van der Waals surface area contributed by atoms with Crippen LogP contribution in [0.25, 0.3) is 0 Å². The monoisotopic (exact) mass is 362 g/mol. The molecule has 8 heteroatoms. The molecule has 2 aromatic rings. The zero-order valence-electron chi connectivity index (χ0n) is 14.7. The number of fused-ring (bicyclic) bond motifs is 1. The van der Waals surface area contributed by atoms with E-state index >= 15 is 0 Å². The third kappa shape index (κ3) is 3.89. The predicted molar refractivity (Wildman–Crippen MR) is 95.2 cm³/mol. The van der Waals surface area contributed by atoms with Crippen molar-refractivity contribution in [2.24, 2.45) is 0 Å². The predicted octanol–water partition coefficient (Wildman–Crippen LogP) is 2.06. The second-order valence-electron chi connectivity index (χ2n) is 5.75. The van der Waals surface area contributed by atoms with Crippen molar-refractivity contribution in [1.82, 2.24) is 20.1 Å². The highest BCUT2D eigenvalue weighted by Crippen LogP contribution is 2.33. The van der Waals surface area contributed by atoms with E-state index in [1.54, 1.807) is 14.2 Å². The van der Waals surface area contributed by atoms with Crippen LogP contribution >= 0.6 is 11.8 Å². The molecule has 7 nitrogen and oxygen atoms in total. The van der Waals surface area contributed by atoms with E-state index in [1.807, 2.05) is 24.0 Å². The number of methoxy groups -OCH3 is 2. The number of nitrogens with one attached hydrogen (secondary N) is 1. The molecule has 2 heterocycles. The van der Waals surface area contributed by atoms with Crippen LogP contribution in [0.2, 0.25) is 0 Å². The summed E-state index contributed by atoms with van der Waals surface area (Å²) < 4.78 is 10.7. The van der Waals surface area contributed by atoms with Gasteiger partial charge in [-0.1, -0.05) is 18.7 Å².